The lowest BCUT2D eigenvalue weighted by atomic mass is 10.0. The summed E-state index contributed by atoms with van der Waals surface area (Å²) in [6.45, 7) is 4.18. The number of hydrogen-bond donors (Lipinski definition) is 1. The number of piperidine rings is 1. The molecule has 2 N–H and O–H groups in total. The Labute approximate surface area is 108 Å². The van der Waals surface area contributed by atoms with Gasteiger partial charge in [-0.2, -0.15) is 0 Å². The van der Waals surface area contributed by atoms with Gasteiger partial charge in [0.15, 0.2) is 0 Å². The zero-order chi connectivity index (χ0) is 13.0. The first-order valence-electron chi connectivity index (χ1n) is 6.27. The number of anilines is 1. The Balaban J connectivity index is 1.95. The topological polar surface area (TPSA) is 51.4 Å². The van der Waals surface area contributed by atoms with Crippen LogP contribution in [0, 0.1) is 12.5 Å². The van der Waals surface area contributed by atoms with Crippen molar-refractivity contribution in [1.29, 1.82) is 0 Å². The molecule has 1 saturated heterocycles. The summed E-state index contributed by atoms with van der Waals surface area (Å²) in [5.74, 6) is 0.574. The third-order valence-electron chi connectivity index (χ3n) is 3.55. The van der Waals surface area contributed by atoms with E-state index < -0.39 is 0 Å². The van der Waals surface area contributed by atoms with Crippen LogP contribution >= 0.6 is 0 Å². The van der Waals surface area contributed by atoms with Gasteiger partial charge in [0.05, 0.1) is 0 Å². The minimum atomic E-state index is 0.209. The first-order valence-corrected chi connectivity index (χ1v) is 6.27. The van der Waals surface area contributed by atoms with Crippen molar-refractivity contribution >= 4 is 5.82 Å². The summed E-state index contributed by atoms with van der Waals surface area (Å²) in [6.07, 6.45) is 11.4. The van der Waals surface area contributed by atoms with Crippen LogP contribution < -0.4 is 5.73 Å². The van der Waals surface area contributed by atoms with Crippen molar-refractivity contribution in [2.45, 2.75) is 31.9 Å². The Morgan fingerprint density at radius 3 is 2.89 bits per heavy atom. The van der Waals surface area contributed by atoms with Gasteiger partial charge in [-0.25, -0.2) is 4.98 Å². The van der Waals surface area contributed by atoms with Crippen LogP contribution in [0.5, 0.6) is 0 Å². The molecule has 2 rings (SSSR count). The summed E-state index contributed by atoms with van der Waals surface area (Å²) >= 11 is 0. The number of ether oxygens (including phenoxy) is 1. The van der Waals surface area contributed by atoms with Gasteiger partial charge in [-0.05, 0) is 37.5 Å². The molecule has 0 spiro atoms. The quantitative estimate of drug-likeness (QED) is 0.825. The van der Waals surface area contributed by atoms with Gasteiger partial charge in [0.25, 0.3) is 0 Å². The van der Waals surface area contributed by atoms with Gasteiger partial charge in [0, 0.05) is 25.3 Å². The zero-order valence-corrected chi connectivity index (χ0v) is 10.7. The van der Waals surface area contributed by atoms with Gasteiger partial charge in [-0.15, -0.1) is 0 Å². The van der Waals surface area contributed by atoms with Gasteiger partial charge in [-0.3, -0.25) is 4.90 Å². The third-order valence-corrected chi connectivity index (χ3v) is 3.55. The molecule has 0 saturated carbocycles. The van der Waals surface area contributed by atoms with Gasteiger partial charge in [-0.1, -0.05) is 6.42 Å². The number of hydrogen-bond acceptors (Lipinski definition) is 4. The molecule has 0 radical (unpaired) electrons. The van der Waals surface area contributed by atoms with Crippen molar-refractivity contribution in [2.24, 2.45) is 0 Å². The molecule has 0 aliphatic carbocycles. The smallest absolute Gasteiger partial charge is 0.123 e. The number of nitrogen functional groups attached to an aromatic ring is 1. The van der Waals surface area contributed by atoms with Crippen LogP contribution in [-0.4, -0.2) is 29.1 Å². The molecule has 1 unspecified atom stereocenters. The van der Waals surface area contributed by atoms with Crippen molar-refractivity contribution in [3.8, 4) is 12.5 Å². The number of aromatic nitrogens is 1. The van der Waals surface area contributed by atoms with Crippen molar-refractivity contribution < 1.29 is 4.74 Å². The molecule has 1 aromatic heterocycles. The molecule has 2 heterocycles. The lowest BCUT2D eigenvalue weighted by molar-refractivity contribution is 0.0627. The molecule has 1 aromatic rings. The zero-order valence-electron chi connectivity index (χ0n) is 10.7. The van der Waals surface area contributed by atoms with Crippen LogP contribution in [0.3, 0.4) is 0 Å². The second-order valence-corrected chi connectivity index (χ2v) is 4.66. The van der Waals surface area contributed by atoms with E-state index in [4.69, 9.17) is 16.9 Å². The number of nitrogens with zero attached hydrogens (tertiary/aromatic N) is 2. The minimum absolute atomic E-state index is 0.209. The third kappa shape index (κ3) is 2.93. The molecule has 4 nitrogen and oxygen atoms in total. The summed E-state index contributed by atoms with van der Waals surface area (Å²) in [5.41, 5.74) is 6.92. The highest BCUT2D eigenvalue weighted by atomic mass is 16.5. The molecule has 18 heavy (non-hydrogen) atoms. The number of likely N-dealkylation sites (tertiary alicyclic amines) is 1. The number of rotatable bonds is 3. The van der Waals surface area contributed by atoms with Crippen LogP contribution in [0.1, 0.15) is 31.4 Å². The Morgan fingerprint density at radius 1 is 1.56 bits per heavy atom. The van der Waals surface area contributed by atoms with Gasteiger partial charge in [0.1, 0.15) is 18.0 Å². The standard InChI is InChI=1S/C14H19N3O/c1-3-18-13-5-8-17(9-6-13)11(2)12-4-7-16-14(15)10-12/h1,4,7,10-11,13H,5-6,8-9H2,2H3,(H2,15,16). The molecular weight excluding hydrogens is 226 g/mol. The summed E-state index contributed by atoms with van der Waals surface area (Å²) in [6, 6.07) is 4.31. The fraction of sp³-hybridized carbons (Fsp3) is 0.500. The molecule has 4 heteroatoms. The average molecular weight is 245 g/mol. The van der Waals surface area contributed by atoms with E-state index in [0.717, 1.165) is 25.9 Å². The summed E-state index contributed by atoms with van der Waals surface area (Å²) in [7, 11) is 0. The van der Waals surface area contributed by atoms with Crippen LogP contribution in [0.25, 0.3) is 0 Å². The predicted octanol–water partition coefficient (Wildman–Crippen LogP) is 1.80. The lowest BCUT2D eigenvalue weighted by Gasteiger charge is -2.35. The van der Waals surface area contributed by atoms with Crippen molar-refractivity contribution in [3.05, 3.63) is 23.9 Å². The Morgan fingerprint density at radius 2 is 2.28 bits per heavy atom. The van der Waals surface area contributed by atoms with Crippen LogP contribution in [0.4, 0.5) is 5.82 Å². The van der Waals surface area contributed by atoms with E-state index in [-0.39, 0.29) is 6.10 Å². The second kappa shape index (κ2) is 5.74. The molecule has 0 bridgehead atoms. The van der Waals surface area contributed by atoms with E-state index >= 15 is 0 Å². The molecule has 1 aliphatic heterocycles. The average Bonchev–Trinajstić information content (AvgIpc) is 2.39. The van der Waals surface area contributed by atoms with E-state index in [1.54, 1.807) is 6.20 Å². The van der Waals surface area contributed by atoms with Crippen LogP contribution in [-0.2, 0) is 4.74 Å². The Bertz CT molecular complexity index is 433. The maximum atomic E-state index is 5.72. The summed E-state index contributed by atoms with van der Waals surface area (Å²) in [5, 5.41) is 0. The minimum Gasteiger partial charge on any atom is -0.443 e. The van der Waals surface area contributed by atoms with E-state index in [9.17, 15) is 0 Å². The normalized spacial score (nSPS) is 19.1. The van der Waals surface area contributed by atoms with Gasteiger partial charge >= 0.3 is 0 Å². The number of pyridine rings is 1. The number of terminal acetylenes is 1. The Hall–Kier alpha value is -1.73. The SMILES string of the molecule is C#COC1CCN(C(C)c2ccnc(N)c2)CC1. The fourth-order valence-electron chi connectivity index (χ4n) is 2.41. The molecule has 0 aromatic carbocycles. The van der Waals surface area contributed by atoms with Gasteiger partial charge < -0.3 is 10.5 Å². The van der Waals surface area contributed by atoms with Crippen molar-refractivity contribution in [2.75, 3.05) is 18.8 Å². The first kappa shape index (κ1) is 12.7. The van der Waals surface area contributed by atoms with Crippen LogP contribution in [0.2, 0.25) is 0 Å². The predicted molar refractivity (Wildman–Crippen MR) is 71.6 cm³/mol. The molecule has 1 fully saturated rings. The molecule has 1 aliphatic rings. The highest BCUT2D eigenvalue weighted by Crippen LogP contribution is 2.25. The number of nitrogens with two attached hydrogens (primary N) is 1. The Kier molecular flexibility index (Phi) is 4.06. The second-order valence-electron chi connectivity index (χ2n) is 4.66. The van der Waals surface area contributed by atoms with Crippen molar-refractivity contribution in [3.63, 3.8) is 0 Å². The summed E-state index contributed by atoms with van der Waals surface area (Å²) < 4.78 is 5.21. The summed E-state index contributed by atoms with van der Waals surface area (Å²) in [4.78, 5) is 6.44. The van der Waals surface area contributed by atoms with E-state index in [1.165, 1.54) is 5.56 Å². The van der Waals surface area contributed by atoms with E-state index in [0.29, 0.717) is 11.9 Å². The maximum Gasteiger partial charge on any atom is 0.123 e. The lowest BCUT2D eigenvalue weighted by Crippen LogP contribution is -2.38. The monoisotopic (exact) mass is 245 g/mol. The molecule has 1 atom stereocenters. The van der Waals surface area contributed by atoms with E-state index in [2.05, 4.69) is 22.9 Å². The maximum absolute atomic E-state index is 5.72. The molecule has 0 amide bonds. The van der Waals surface area contributed by atoms with Crippen LogP contribution in [0.15, 0.2) is 18.3 Å². The molecule has 96 valence electrons. The highest BCUT2D eigenvalue weighted by molar-refractivity contribution is 5.33. The highest BCUT2D eigenvalue weighted by Gasteiger charge is 2.24. The fourth-order valence-corrected chi connectivity index (χ4v) is 2.41. The first-order chi connectivity index (χ1) is 8.70. The largest absolute Gasteiger partial charge is 0.443 e. The van der Waals surface area contributed by atoms with Crippen molar-refractivity contribution in [1.82, 2.24) is 9.88 Å². The molecular formula is C14H19N3O. The van der Waals surface area contributed by atoms with Gasteiger partial charge in [0.2, 0.25) is 0 Å². The van der Waals surface area contributed by atoms with E-state index in [1.807, 2.05) is 12.1 Å².